The van der Waals surface area contributed by atoms with Crippen molar-refractivity contribution in [3.05, 3.63) is 24.0 Å². The van der Waals surface area contributed by atoms with E-state index < -0.39 is 11.9 Å². The van der Waals surface area contributed by atoms with Gasteiger partial charge in [-0.25, -0.2) is 14.6 Å². The van der Waals surface area contributed by atoms with Gasteiger partial charge in [0.2, 0.25) is 6.41 Å². The fraction of sp³-hybridized carbons (Fsp3) is 0.500. The molecule has 1 aromatic rings. The van der Waals surface area contributed by atoms with Crippen LogP contribution >= 0.6 is 0 Å². The Morgan fingerprint density at radius 2 is 2.19 bits per heavy atom. The van der Waals surface area contributed by atoms with Crippen molar-refractivity contribution in [1.82, 2.24) is 10.4 Å². The second-order valence-electron chi connectivity index (χ2n) is 6.69. The molecule has 0 aliphatic carbocycles. The van der Waals surface area contributed by atoms with Gasteiger partial charge in [-0.3, -0.25) is 14.7 Å². The molecule has 0 bridgehead atoms. The maximum absolute atomic E-state index is 14.7. The zero-order valence-corrected chi connectivity index (χ0v) is 15.2. The van der Waals surface area contributed by atoms with Gasteiger partial charge in [0.15, 0.2) is 0 Å². The molecule has 0 spiro atoms. The van der Waals surface area contributed by atoms with E-state index in [1.54, 1.807) is 12.1 Å². The number of ketones is 1. The van der Waals surface area contributed by atoms with Gasteiger partial charge in [-0.15, -0.1) is 0 Å². The standard InChI is InChI=1S/C18H23FN4O4/c1-13(25)2-4-15-11-23(18(26)27-15)14-3-5-17(16(19)10-14)21-7-6-20-22(12-24)9-8-21/h3,5,10,12,15,20H,2,4,6-9,11H2,1H3/t15-/m0/s1. The zero-order chi connectivity index (χ0) is 19.4. The second-order valence-corrected chi connectivity index (χ2v) is 6.69. The molecule has 0 unspecified atom stereocenters. The summed E-state index contributed by atoms with van der Waals surface area (Å²) in [4.78, 5) is 37.3. The lowest BCUT2D eigenvalue weighted by atomic mass is 10.1. The minimum absolute atomic E-state index is 0.0416. The van der Waals surface area contributed by atoms with Crippen molar-refractivity contribution in [1.29, 1.82) is 0 Å². The molecule has 2 saturated heterocycles. The summed E-state index contributed by atoms with van der Waals surface area (Å²) in [5.41, 5.74) is 3.79. The molecule has 2 fully saturated rings. The van der Waals surface area contributed by atoms with E-state index in [-0.39, 0.29) is 11.9 Å². The molecule has 0 saturated carbocycles. The van der Waals surface area contributed by atoms with Crippen LogP contribution in [0.5, 0.6) is 0 Å². The molecule has 9 heteroatoms. The Labute approximate surface area is 156 Å². The van der Waals surface area contributed by atoms with E-state index >= 15 is 0 Å². The van der Waals surface area contributed by atoms with E-state index in [9.17, 15) is 18.8 Å². The van der Waals surface area contributed by atoms with E-state index in [1.165, 1.54) is 22.9 Å². The number of carbonyl (C=O) groups excluding carboxylic acids is 3. The molecule has 27 heavy (non-hydrogen) atoms. The topological polar surface area (TPSA) is 82.2 Å². The van der Waals surface area contributed by atoms with Crippen LogP contribution in [0.15, 0.2) is 18.2 Å². The minimum Gasteiger partial charge on any atom is -0.444 e. The molecular formula is C18H23FN4O4. The molecule has 8 nitrogen and oxygen atoms in total. The summed E-state index contributed by atoms with van der Waals surface area (Å²) >= 11 is 0. The van der Waals surface area contributed by atoms with Crippen molar-refractivity contribution in [2.24, 2.45) is 0 Å². The normalized spacial score (nSPS) is 20.4. The molecule has 2 aliphatic heterocycles. The summed E-state index contributed by atoms with van der Waals surface area (Å²) in [6, 6.07) is 4.64. The van der Waals surface area contributed by atoms with Crippen molar-refractivity contribution in [3.63, 3.8) is 0 Å². The Morgan fingerprint density at radius 1 is 1.37 bits per heavy atom. The van der Waals surface area contributed by atoms with E-state index in [4.69, 9.17) is 4.74 Å². The van der Waals surface area contributed by atoms with Crippen LogP contribution in [-0.2, 0) is 14.3 Å². The van der Waals surface area contributed by atoms with E-state index in [1.807, 2.05) is 4.90 Å². The van der Waals surface area contributed by atoms with Gasteiger partial charge in [-0.1, -0.05) is 0 Å². The molecule has 2 heterocycles. The number of benzene rings is 1. The fourth-order valence-electron chi connectivity index (χ4n) is 3.25. The summed E-state index contributed by atoms with van der Waals surface area (Å²) in [5, 5.41) is 1.44. The van der Waals surface area contributed by atoms with E-state index in [0.717, 1.165) is 0 Å². The Kier molecular flexibility index (Phi) is 5.90. The SMILES string of the molecule is CC(=O)CC[C@H]1CN(c2ccc(N3CCNN(C=O)CC3)c(F)c2)C(=O)O1. The van der Waals surface area contributed by atoms with Crippen LogP contribution in [0.3, 0.4) is 0 Å². The molecule has 1 atom stereocenters. The van der Waals surface area contributed by atoms with Crippen LogP contribution in [0.4, 0.5) is 20.6 Å². The number of hydrogen-bond acceptors (Lipinski definition) is 6. The Bertz CT molecular complexity index is 729. The molecule has 2 aliphatic rings. The highest BCUT2D eigenvalue weighted by Crippen LogP contribution is 2.29. The largest absolute Gasteiger partial charge is 0.444 e. The average Bonchev–Trinajstić information content (AvgIpc) is 2.86. The number of Topliss-reactive ketones (excluding diaryl/α,β-unsaturated/α-hetero) is 1. The van der Waals surface area contributed by atoms with Gasteiger partial charge in [0.25, 0.3) is 0 Å². The molecule has 2 amide bonds. The highest BCUT2D eigenvalue weighted by Gasteiger charge is 2.32. The van der Waals surface area contributed by atoms with Crippen molar-refractivity contribution < 1.29 is 23.5 Å². The van der Waals surface area contributed by atoms with Crippen molar-refractivity contribution in [3.8, 4) is 0 Å². The number of nitrogens with one attached hydrogen (secondary N) is 1. The van der Waals surface area contributed by atoms with Gasteiger partial charge in [0.05, 0.1) is 24.5 Å². The molecule has 3 rings (SSSR count). The molecule has 1 N–H and O–H groups in total. The predicted molar refractivity (Wildman–Crippen MR) is 96.9 cm³/mol. The van der Waals surface area contributed by atoms with Crippen LogP contribution in [0.25, 0.3) is 0 Å². The van der Waals surface area contributed by atoms with Crippen LogP contribution in [0.2, 0.25) is 0 Å². The number of hydrazine groups is 1. The monoisotopic (exact) mass is 378 g/mol. The average molecular weight is 378 g/mol. The first-order valence-corrected chi connectivity index (χ1v) is 8.95. The van der Waals surface area contributed by atoms with Gasteiger partial charge in [0.1, 0.15) is 17.7 Å². The lowest BCUT2D eigenvalue weighted by Crippen LogP contribution is -2.37. The minimum atomic E-state index is -0.531. The van der Waals surface area contributed by atoms with Crippen LogP contribution in [0, 0.1) is 5.82 Å². The van der Waals surface area contributed by atoms with E-state index in [2.05, 4.69) is 5.43 Å². The number of ether oxygens (including phenoxy) is 1. The van der Waals surface area contributed by atoms with Crippen LogP contribution in [0.1, 0.15) is 19.8 Å². The van der Waals surface area contributed by atoms with Gasteiger partial charge in [-0.2, -0.15) is 0 Å². The Balaban J connectivity index is 1.68. The molecule has 146 valence electrons. The number of amides is 2. The summed E-state index contributed by atoms with van der Waals surface area (Å²) < 4.78 is 20.0. The maximum atomic E-state index is 14.7. The van der Waals surface area contributed by atoms with Crippen molar-refractivity contribution in [2.75, 3.05) is 42.5 Å². The first-order valence-electron chi connectivity index (χ1n) is 8.95. The third-order valence-corrected chi connectivity index (χ3v) is 4.71. The smallest absolute Gasteiger partial charge is 0.414 e. The first kappa shape index (κ1) is 19.1. The molecular weight excluding hydrogens is 355 g/mol. The fourth-order valence-corrected chi connectivity index (χ4v) is 3.25. The third kappa shape index (κ3) is 4.54. The lowest BCUT2D eigenvalue weighted by molar-refractivity contribution is -0.120. The number of anilines is 2. The Hall–Kier alpha value is -2.68. The van der Waals surface area contributed by atoms with Crippen molar-refractivity contribution >= 4 is 29.7 Å². The maximum Gasteiger partial charge on any atom is 0.414 e. The van der Waals surface area contributed by atoms with Gasteiger partial charge in [-0.05, 0) is 31.5 Å². The summed E-state index contributed by atoms with van der Waals surface area (Å²) in [7, 11) is 0. The van der Waals surface area contributed by atoms with Gasteiger partial charge >= 0.3 is 6.09 Å². The Morgan fingerprint density at radius 3 is 2.89 bits per heavy atom. The number of rotatable bonds is 6. The second kappa shape index (κ2) is 8.34. The van der Waals surface area contributed by atoms with Gasteiger partial charge < -0.3 is 14.4 Å². The first-order chi connectivity index (χ1) is 13.0. The number of halogens is 1. The summed E-state index contributed by atoms with van der Waals surface area (Å²) in [5.74, 6) is -0.396. The number of cyclic esters (lactones) is 1. The lowest BCUT2D eigenvalue weighted by Gasteiger charge is -2.23. The highest BCUT2D eigenvalue weighted by atomic mass is 19.1. The molecule has 1 aromatic carbocycles. The third-order valence-electron chi connectivity index (χ3n) is 4.71. The quantitative estimate of drug-likeness (QED) is 0.752. The van der Waals surface area contributed by atoms with Crippen LogP contribution < -0.4 is 15.2 Å². The molecule has 0 radical (unpaired) electrons. The number of nitrogens with zero attached hydrogens (tertiary/aromatic N) is 3. The predicted octanol–water partition coefficient (Wildman–Crippen LogP) is 1.30. The molecule has 0 aromatic heterocycles. The highest BCUT2D eigenvalue weighted by molar-refractivity contribution is 5.90. The van der Waals surface area contributed by atoms with Crippen molar-refractivity contribution in [2.45, 2.75) is 25.9 Å². The van der Waals surface area contributed by atoms with Crippen LogP contribution in [-0.4, -0.2) is 62.1 Å². The number of hydrogen-bond donors (Lipinski definition) is 1. The van der Waals surface area contributed by atoms with E-state index in [0.29, 0.717) is 63.4 Å². The van der Waals surface area contributed by atoms with Gasteiger partial charge in [0, 0.05) is 26.1 Å². The summed E-state index contributed by atoms with van der Waals surface area (Å²) in [6.45, 7) is 3.82. The summed E-state index contributed by atoms with van der Waals surface area (Å²) in [6.07, 6.45) is 0.627. The zero-order valence-electron chi connectivity index (χ0n) is 15.2. The number of carbonyl (C=O) groups is 3.